The fraction of sp³-hybridized carbons (Fsp3) is 0.200. The summed E-state index contributed by atoms with van der Waals surface area (Å²) in [6.07, 6.45) is 0. The molecule has 2 rings (SSSR count). The first-order valence-electron chi connectivity index (χ1n) is 6.83. The molecule has 0 fully saturated rings. The molecule has 8 heteroatoms. The summed E-state index contributed by atoms with van der Waals surface area (Å²) in [6, 6.07) is 12.6. The summed E-state index contributed by atoms with van der Waals surface area (Å²) in [5, 5.41) is 10.9. The molecule has 2 aromatic carbocycles. The third-order valence-electron chi connectivity index (χ3n) is 3.00. The first-order chi connectivity index (χ1) is 10.9. The molecule has 2 aromatic rings. The summed E-state index contributed by atoms with van der Waals surface area (Å²) in [7, 11) is -3.97. The summed E-state index contributed by atoms with van der Waals surface area (Å²) in [5.74, 6) is 0.634. The van der Waals surface area contributed by atoms with Crippen molar-refractivity contribution in [3.63, 3.8) is 0 Å². The van der Waals surface area contributed by atoms with Crippen molar-refractivity contribution in [1.82, 2.24) is 4.72 Å². The standard InChI is InChI=1S/C15H16N2O5S/c1-12-5-4-6-13(11-12)22-10-9-16-23(20,21)15-8-3-2-7-14(15)17(18)19/h2-8,11,16H,9-10H2,1H3. The Bertz CT molecular complexity index is 805. The minimum absolute atomic E-state index is 0.00231. The van der Waals surface area contributed by atoms with Crippen LogP contribution in [-0.4, -0.2) is 26.5 Å². The number of hydrogen-bond acceptors (Lipinski definition) is 5. The number of nitro benzene ring substituents is 1. The van der Waals surface area contributed by atoms with Crippen molar-refractivity contribution in [2.24, 2.45) is 0 Å². The van der Waals surface area contributed by atoms with E-state index >= 15 is 0 Å². The Morgan fingerprint density at radius 2 is 1.91 bits per heavy atom. The van der Waals surface area contributed by atoms with E-state index in [0.717, 1.165) is 11.6 Å². The minimum atomic E-state index is -3.97. The van der Waals surface area contributed by atoms with E-state index < -0.39 is 20.6 Å². The maximum absolute atomic E-state index is 12.2. The maximum Gasteiger partial charge on any atom is 0.289 e. The predicted octanol–water partition coefficient (Wildman–Crippen LogP) is 2.26. The number of benzene rings is 2. The highest BCUT2D eigenvalue weighted by Gasteiger charge is 2.24. The molecule has 1 N–H and O–H groups in total. The van der Waals surface area contributed by atoms with E-state index in [2.05, 4.69) is 4.72 Å². The lowest BCUT2D eigenvalue weighted by Crippen LogP contribution is -2.28. The average molecular weight is 336 g/mol. The number of para-hydroxylation sites is 1. The second-order valence-corrected chi connectivity index (χ2v) is 6.52. The fourth-order valence-corrected chi connectivity index (χ4v) is 3.15. The molecule has 0 aliphatic heterocycles. The van der Waals surface area contributed by atoms with Crippen LogP contribution in [0, 0.1) is 17.0 Å². The summed E-state index contributed by atoms with van der Waals surface area (Å²) in [5.41, 5.74) is 0.572. The first-order valence-corrected chi connectivity index (χ1v) is 8.31. The van der Waals surface area contributed by atoms with Gasteiger partial charge in [0, 0.05) is 12.6 Å². The van der Waals surface area contributed by atoms with Gasteiger partial charge in [-0.15, -0.1) is 0 Å². The number of rotatable bonds is 7. The highest BCUT2D eigenvalue weighted by molar-refractivity contribution is 7.89. The molecule has 0 unspecified atom stereocenters. The molecule has 0 spiro atoms. The van der Waals surface area contributed by atoms with Gasteiger partial charge in [0.15, 0.2) is 4.90 Å². The Hall–Kier alpha value is -2.45. The average Bonchev–Trinajstić information content (AvgIpc) is 2.52. The molecule has 0 amide bonds. The van der Waals surface area contributed by atoms with Gasteiger partial charge in [0.25, 0.3) is 5.69 Å². The van der Waals surface area contributed by atoms with Crippen molar-refractivity contribution < 1.29 is 18.1 Å². The van der Waals surface area contributed by atoms with Gasteiger partial charge in [0.05, 0.1) is 4.92 Å². The summed E-state index contributed by atoms with van der Waals surface area (Å²) in [6.45, 7) is 2.04. The van der Waals surface area contributed by atoms with E-state index in [1.807, 2.05) is 25.1 Å². The Labute approximate surface area is 134 Å². The number of nitrogens with zero attached hydrogens (tertiary/aromatic N) is 1. The number of aryl methyl sites for hydroxylation is 1. The molecule has 23 heavy (non-hydrogen) atoms. The van der Waals surface area contributed by atoms with Gasteiger partial charge in [-0.3, -0.25) is 10.1 Å². The molecule has 0 saturated carbocycles. The lowest BCUT2D eigenvalue weighted by molar-refractivity contribution is -0.387. The third kappa shape index (κ3) is 4.51. The van der Waals surface area contributed by atoms with Crippen LogP contribution in [0.2, 0.25) is 0 Å². The van der Waals surface area contributed by atoms with Crippen LogP contribution in [0.3, 0.4) is 0 Å². The largest absolute Gasteiger partial charge is 0.492 e. The lowest BCUT2D eigenvalue weighted by atomic mass is 10.2. The Morgan fingerprint density at radius 3 is 2.61 bits per heavy atom. The first kappa shape index (κ1) is 16.9. The van der Waals surface area contributed by atoms with Crippen LogP contribution in [0.25, 0.3) is 0 Å². The zero-order valence-corrected chi connectivity index (χ0v) is 13.2. The van der Waals surface area contributed by atoms with Crippen LogP contribution in [0.15, 0.2) is 53.4 Å². The molecule has 0 aliphatic rings. The number of nitrogens with one attached hydrogen (secondary N) is 1. The van der Waals surface area contributed by atoms with E-state index in [-0.39, 0.29) is 18.0 Å². The topological polar surface area (TPSA) is 98.5 Å². The fourth-order valence-electron chi connectivity index (χ4n) is 1.96. The molecule has 7 nitrogen and oxygen atoms in total. The molecule has 122 valence electrons. The zero-order chi connectivity index (χ0) is 16.9. The zero-order valence-electron chi connectivity index (χ0n) is 12.4. The van der Waals surface area contributed by atoms with Crippen molar-refractivity contribution in [3.05, 3.63) is 64.2 Å². The van der Waals surface area contributed by atoms with E-state index in [9.17, 15) is 18.5 Å². The van der Waals surface area contributed by atoms with Crippen molar-refractivity contribution >= 4 is 15.7 Å². The minimum Gasteiger partial charge on any atom is -0.492 e. The van der Waals surface area contributed by atoms with E-state index in [0.29, 0.717) is 5.75 Å². The molecule has 0 saturated heterocycles. The molecular formula is C15H16N2O5S. The van der Waals surface area contributed by atoms with Gasteiger partial charge < -0.3 is 4.74 Å². The van der Waals surface area contributed by atoms with Crippen LogP contribution in [0.5, 0.6) is 5.75 Å². The van der Waals surface area contributed by atoms with Gasteiger partial charge in [-0.25, -0.2) is 13.1 Å². The highest BCUT2D eigenvalue weighted by Crippen LogP contribution is 2.22. The van der Waals surface area contributed by atoms with Crippen LogP contribution < -0.4 is 9.46 Å². The monoisotopic (exact) mass is 336 g/mol. The molecule has 0 heterocycles. The predicted molar refractivity (Wildman–Crippen MR) is 85.0 cm³/mol. The molecular weight excluding hydrogens is 320 g/mol. The van der Waals surface area contributed by atoms with Crippen LogP contribution in [0.4, 0.5) is 5.69 Å². The van der Waals surface area contributed by atoms with Crippen molar-refractivity contribution in [1.29, 1.82) is 0 Å². The number of hydrogen-bond donors (Lipinski definition) is 1. The van der Waals surface area contributed by atoms with E-state index in [4.69, 9.17) is 4.74 Å². The SMILES string of the molecule is Cc1cccc(OCCNS(=O)(=O)c2ccccc2[N+](=O)[O-])c1. The summed E-state index contributed by atoms with van der Waals surface area (Å²) in [4.78, 5) is 9.82. The summed E-state index contributed by atoms with van der Waals surface area (Å²) >= 11 is 0. The van der Waals surface area contributed by atoms with Gasteiger partial charge in [0.2, 0.25) is 10.0 Å². The smallest absolute Gasteiger partial charge is 0.289 e. The number of nitro groups is 1. The maximum atomic E-state index is 12.2. The Balaban J connectivity index is 1.98. The van der Waals surface area contributed by atoms with Crippen LogP contribution in [-0.2, 0) is 10.0 Å². The third-order valence-corrected chi connectivity index (χ3v) is 4.51. The number of ether oxygens (including phenoxy) is 1. The van der Waals surface area contributed by atoms with Gasteiger partial charge in [-0.05, 0) is 30.7 Å². The van der Waals surface area contributed by atoms with Crippen molar-refractivity contribution in [2.75, 3.05) is 13.2 Å². The normalized spacial score (nSPS) is 11.2. The van der Waals surface area contributed by atoms with E-state index in [1.165, 1.54) is 18.2 Å². The highest BCUT2D eigenvalue weighted by atomic mass is 32.2. The number of sulfonamides is 1. The molecule has 0 aliphatic carbocycles. The lowest BCUT2D eigenvalue weighted by Gasteiger charge is -2.09. The summed E-state index contributed by atoms with van der Waals surface area (Å²) < 4.78 is 32.0. The van der Waals surface area contributed by atoms with Gasteiger partial charge in [0.1, 0.15) is 12.4 Å². The van der Waals surface area contributed by atoms with Crippen molar-refractivity contribution in [3.8, 4) is 5.75 Å². The Morgan fingerprint density at radius 1 is 1.17 bits per heavy atom. The molecule has 0 bridgehead atoms. The quantitative estimate of drug-likeness (QED) is 0.475. The molecule has 0 radical (unpaired) electrons. The van der Waals surface area contributed by atoms with Gasteiger partial charge >= 0.3 is 0 Å². The van der Waals surface area contributed by atoms with Crippen molar-refractivity contribution in [2.45, 2.75) is 11.8 Å². The van der Waals surface area contributed by atoms with E-state index in [1.54, 1.807) is 6.07 Å². The Kier molecular flexibility index (Phi) is 5.30. The second-order valence-electron chi connectivity index (χ2n) is 4.79. The second kappa shape index (κ2) is 7.21. The van der Waals surface area contributed by atoms with Crippen LogP contribution in [0.1, 0.15) is 5.56 Å². The molecule has 0 aromatic heterocycles. The van der Waals surface area contributed by atoms with Crippen LogP contribution >= 0.6 is 0 Å². The molecule has 0 atom stereocenters. The van der Waals surface area contributed by atoms with Gasteiger partial charge in [-0.2, -0.15) is 0 Å². The van der Waals surface area contributed by atoms with Gasteiger partial charge in [-0.1, -0.05) is 24.3 Å².